The van der Waals surface area contributed by atoms with Crippen LogP contribution < -0.4 is 4.90 Å². The van der Waals surface area contributed by atoms with Gasteiger partial charge < -0.3 is 9.64 Å². The molecule has 0 spiro atoms. The number of nitrogens with zero attached hydrogens (tertiary/aromatic N) is 4. The number of hydrogen-bond acceptors (Lipinski definition) is 6. The van der Waals surface area contributed by atoms with Gasteiger partial charge >= 0.3 is 0 Å². The molecule has 0 bridgehead atoms. The Morgan fingerprint density at radius 1 is 1.26 bits per heavy atom. The van der Waals surface area contributed by atoms with Crippen LogP contribution in [-0.4, -0.2) is 34.7 Å². The van der Waals surface area contributed by atoms with Crippen LogP contribution in [-0.2, 0) is 4.74 Å². The van der Waals surface area contributed by atoms with Crippen LogP contribution in [0.2, 0.25) is 0 Å². The van der Waals surface area contributed by atoms with Crippen LogP contribution in [0.3, 0.4) is 0 Å². The van der Waals surface area contributed by atoms with Crippen LogP contribution in [0.15, 0.2) is 29.9 Å². The third kappa shape index (κ3) is 2.58. The zero-order valence-corrected chi connectivity index (χ0v) is 14.0. The lowest BCUT2D eigenvalue weighted by Gasteiger charge is -2.35. The molecule has 1 fully saturated rings. The summed E-state index contributed by atoms with van der Waals surface area (Å²) in [7, 11) is 0. The first-order valence-electron chi connectivity index (χ1n) is 7.71. The molecule has 1 saturated heterocycles. The Hall–Kier alpha value is -2.05. The summed E-state index contributed by atoms with van der Waals surface area (Å²) in [6.45, 7) is 6.27. The molecule has 1 aliphatic heterocycles. The standard InChI is InChI=1S/C17H18N4OS/c1-11-4-3-5-13-15(11)18-10-19-16(13)21-6-7-22-8-14(21)17-20-12(2)9-23-17/h3-5,9-10,14H,6-8H2,1-2H3. The highest BCUT2D eigenvalue weighted by atomic mass is 32.1. The van der Waals surface area contributed by atoms with Gasteiger partial charge in [-0.3, -0.25) is 0 Å². The van der Waals surface area contributed by atoms with Gasteiger partial charge in [-0.1, -0.05) is 12.1 Å². The predicted molar refractivity (Wildman–Crippen MR) is 92.0 cm³/mol. The minimum atomic E-state index is 0.112. The molecule has 118 valence electrons. The molecule has 0 radical (unpaired) electrons. The largest absolute Gasteiger partial charge is 0.377 e. The number of rotatable bonds is 2. The SMILES string of the molecule is Cc1csc(C2COCCN2c2ncnc3c(C)cccc23)n1. The van der Waals surface area contributed by atoms with Crippen molar-refractivity contribution in [2.24, 2.45) is 0 Å². The number of aromatic nitrogens is 3. The Kier molecular flexibility index (Phi) is 3.71. The number of thiazole rings is 1. The molecule has 3 heterocycles. The molecular formula is C17H18N4OS. The molecule has 1 aliphatic rings. The Morgan fingerprint density at radius 2 is 2.17 bits per heavy atom. The van der Waals surface area contributed by atoms with Gasteiger partial charge in [0.25, 0.3) is 0 Å². The molecule has 0 N–H and O–H groups in total. The third-order valence-electron chi connectivity index (χ3n) is 4.17. The highest BCUT2D eigenvalue weighted by Gasteiger charge is 2.29. The second-order valence-corrected chi connectivity index (χ2v) is 6.67. The fraction of sp³-hybridized carbons (Fsp3) is 0.353. The average molecular weight is 326 g/mol. The summed E-state index contributed by atoms with van der Waals surface area (Å²) in [5.74, 6) is 0.972. The van der Waals surface area contributed by atoms with Gasteiger partial charge in [0.05, 0.1) is 18.7 Å². The van der Waals surface area contributed by atoms with Crippen molar-refractivity contribution in [3.8, 4) is 0 Å². The molecule has 1 atom stereocenters. The van der Waals surface area contributed by atoms with Gasteiger partial charge in [-0.25, -0.2) is 15.0 Å². The maximum absolute atomic E-state index is 5.71. The Balaban J connectivity index is 1.83. The van der Waals surface area contributed by atoms with E-state index in [1.807, 2.05) is 6.92 Å². The topological polar surface area (TPSA) is 51.1 Å². The number of anilines is 1. The molecule has 6 heteroatoms. The van der Waals surface area contributed by atoms with Gasteiger partial charge in [0.15, 0.2) is 0 Å². The predicted octanol–water partition coefficient (Wildman–Crippen LogP) is 3.28. The van der Waals surface area contributed by atoms with Gasteiger partial charge in [-0.05, 0) is 25.5 Å². The molecule has 1 unspecified atom stereocenters. The molecule has 1 aromatic carbocycles. The lowest BCUT2D eigenvalue weighted by atomic mass is 10.1. The summed E-state index contributed by atoms with van der Waals surface area (Å²) in [6, 6.07) is 6.35. The minimum Gasteiger partial charge on any atom is -0.377 e. The summed E-state index contributed by atoms with van der Waals surface area (Å²) in [5.41, 5.74) is 3.23. The van der Waals surface area contributed by atoms with E-state index in [2.05, 4.69) is 50.4 Å². The molecule has 0 amide bonds. The van der Waals surface area contributed by atoms with E-state index in [1.54, 1.807) is 17.7 Å². The average Bonchev–Trinajstić information content (AvgIpc) is 3.01. The fourth-order valence-corrected chi connectivity index (χ4v) is 3.93. The monoisotopic (exact) mass is 326 g/mol. The van der Waals surface area contributed by atoms with E-state index in [4.69, 9.17) is 4.74 Å². The normalized spacial score (nSPS) is 18.5. The smallest absolute Gasteiger partial charge is 0.140 e. The first kappa shape index (κ1) is 14.5. The Bertz CT molecular complexity index is 847. The Labute approximate surface area is 139 Å². The van der Waals surface area contributed by atoms with Crippen molar-refractivity contribution >= 4 is 28.1 Å². The van der Waals surface area contributed by atoms with Crippen molar-refractivity contribution in [2.75, 3.05) is 24.7 Å². The third-order valence-corrected chi connectivity index (χ3v) is 5.23. The lowest BCUT2D eigenvalue weighted by Crippen LogP contribution is -2.40. The molecular weight excluding hydrogens is 308 g/mol. The van der Waals surface area contributed by atoms with Crippen molar-refractivity contribution in [1.82, 2.24) is 15.0 Å². The van der Waals surface area contributed by atoms with Gasteiger partial charge in [0.1, 0.15) is 23.2 Å². The van der Waals surface area contributed by atoms with Gasteiger partial charge in [-0.15, -0.1) is 11.3 Å². The van der Waals surface area contributed by atoms with Crippen LogP contribution >= 0.6 is 11.3 Å². The minimum absolute atomic E-state index is 0.112. The van der Waals surface area contributed by atoms with Crippen LogP contribution in [0.25, 0.3) is 10.9 Å². The summed E-state index contributed by atoms with van der Waals surface area (Å²) >= 11 is 1.69. The highest BCUT2D eigenvalue weighted by Crippen LogP contribution is 2.34. The summed E-state index contributed by atoms with van der Waals surface area (Å²) in [5, 5.41) is 4.26. The highest BCUT2D eigenvalue weighted by molar-refractivity contribution is 7.09. The number of para-hydroxylation sites is 1. The van der Waals surface area contributed by atoms with Gasteiger partial charge in [0, 0.05) is 23.0 Å². The van der Waals surface area contributed by atoms with E-state index >= 15 is 0 Å². The zero-order valence-electron chi connectivity index (χ0n) is 13.2. The number of benzene rings is 1. The second-order valence-electron chi connectivity index (χ2n) is 5.78. The van der Waals surface area contributed by atoms with E-state index in [1.165, 1.54) is 5.56 Å². The molecule has 5 nitrogen and oxygen atoms in total. The fourth-order valence-electron chi connectivity index (χ4n) is 3.04. The zero-order chi connectivity index (χ0) is 15.8. The molecule has 0 saturated carbocycles. The van der Waals surface area contributed by atoms with Crippen molar-refractivity contribution < 1.29 is 4.74 Å². The van der Waals surface area contributed by atoms with Gasteiger partial charge in [-0.2, -0.15) is 0 Å². The number of aryl methyl sites for hydroxylation is 2. The number of hydrogen-bond donors (Lipinski definition) is 0. The molecule has 0 aliphatic carbocycles. The van der Waals surface area contributed by atoms with Crippen LogP contribution in [0.1, 0.15) is 22.3 Å². The summed E-state index contributed by atoms with van der Waals surface area (Å²) in [6.07, 6.45) is 1.66. The Morgan fingerprint density at radius 3 is 3.00 bits per heavy atom. The second kappa shape index (κ2) is 5.86. The molecule has 4 rings (SSSR count). The van der Waals surface area contributed by atoms with E-state index in [9.17, 15) is 0 Å². The molecule has 2 aromatic heterocycles. The van der Waals surface area contributed by atoms with E-state index in [-0.39, 0.29) is 6.04 Å². The van der Waals surface area contributed by atoms with Crippen molar-refractivity contribution in [3.05, 3.63) is 46.2 Å². The molecule has 3 aromatic rings. The van der Waals surface area contributed by atoms with Crippen LogP contribution in [0, 0.1) is 13.8 Å². The lowest BCUT2D eigenvalue weighted by molar-refractivity contribution is 0.0937. The first-order valence-corrected chi connectivity index (χ1v) is 8.59. The van der Waals surface area contributed by atoms with Crippen molar-refractivity contribution in [1.29, 1.82) is 0 Å². The first-order chi connectivity index (χ1) is 11.2. The van der Waals surface area contributed by atoms with E-state index < -0.39 is 0 Å². The number of ether oxygens (including phenoxy) is 1. The van der Waals surface area contributed by atoms with Crippen LogP contribution in [0.5, 0.6) is 0 Å². The van der Waals surface area contributed by atoms with Crippen LogP contribution in [0.4, 0.5) is 5.82 Å². The van der Waals surface area contributed by atoms with E-state index in [0.717, 1.165) is 34.0 Å². The number of morpholine rings is 1. The number of fused-ring (bicyclic) bond motifs is 1. The quantitative estimate of drug-likeness (QED) is 0.723. The maximum atomic E-state index is 5.71. The van der Waals surface area contributed by atoms with Gasteiger partial charge in [0.2, 0.25) is 0 Å². The van der Waals surface area contributed by atoms with E-state index in [0.29, 0.717) is 13.2 Å². The maximum Gasteiger partial charge on any atom is 0.140 e. The van der Waals surface area contributed by atoms with Crippen molar-refractivity contribution in [2.45, 2.75) is 19.9 Å². The molecule has 23 heavy (non-hydrogen) atoms. The summed E-state index contributed by atoms with van der Waals surface area (Å²) < 4.78 is 5.71. The summed E-state index contributed by atoms with van der Waals surface area (Å²) in [4.78, 5) is 16.0. The van der Waals surface area contributed by atoms with Crippen molar-refractivity contribution in [3.63, 3.8) is 0 Å².